The first-order chi connectivity index (χ1) is 12.3. The molecule has 3 atom stereocenters. The summed E-state index contributed by atoms with van der Waals surface area (Å²) < 4.78 is 0. The molecule has 0 aliphatic carbocycles. The van der Waals surface area contributed by atoms with Gasteiger partial charge in [0.1, 0.15) is 12.1 Å². The lowest BCUT2D eigenvalue weighted by molar-refractivity contribution is -0.142. The van der Waals surface area contributed by atoms with Gasteiger partial charge in [-0.1, -0.05) is 0 Å². The number of aryl methyl sites for hydroxylation is 1. The molecule has 0 spiro atoms. The molecule has 0 aliphatic heterocycles. The molecule has 2 amide bonds. The highest BCUT2D eigenvalue weighted by Crippen LogP contribution is 2.07. The Balaban J connectivity index is 2.85. The maximum Gasteiger partial charge on any atom is 0.326 e. The van der Waals surface area contributed by atoms with Crippen LogP contribution in [0.2, 0.25) is 0 Å². The molecular formula is C16H28N6O4. The minimum absolute atomic E-state index is 0.120. The van der Waals surface area contributed by atoms with Gasteiger partial charge in [-0.05, 0) is 39.7 Å². The highest BCUT2D eigenvalue weighted by atomic mass is 16.4. The lowest BCUT2D eigenvalue weighted by atomic mass is 10.1. The van der Waals surface area contributed by atoms with Crippen LogP contribution in [0.1, 0.15) is 37.6 Å². The van der Waals surface area contributed by atoms with E-state index in [1.54, 1.807) is 6.92 Å². The predicted octanol–water partition coefficient (Wildman–Crippen LogP) is -1.21. The summed E-state index contributed by atoms with van der Waals surface area (Å²) in [6.07, 6.45) is 3.10. The van der Waals surface area contributed by atoms with Gasteiger partial charge in [-0.3, -0.25) is 9.59 Å². The van der Waals surface area contributed by atoms with Gasteiger partial charge in [0.2, 0.25) is 11.8 Å². The molecule has 0 aromatic carbocycles. The molecule has 26 heavy (non-hydrogen) atoms. The Morgan fingerprint density at radius 3 is 2.38 bits per heavy atom. The van der Waals surface area contributed by atoms with Crippen molar-refractivity contribution in [3.63, 3.8) is 0 Å². The van der Waals surface area contributed by atoms with Gasteiger partial charge in [-0.2, -0.15) is 0 Å². The maximum atomic E-state index is 12.6. The zero-order valence-corrected chi connectivity index (χ0v) is 15.1. The third-order valence-electron chi connectivity index (χ3n) is 3.94. The van der Waals surface area contributed by atoms with E-state index in [2.05, 4.69) is 20.6 Å². The van der Waals surface area contributed by atoms with Gasteiger partial charge >= 0.3 is 5.97 Å². The Labute approximate surface area is 152 Å². The molecule has 1 aromatic rings. The zero-order valence-electron chi connectivity index (χ0n) is 15.1. The normalized spacial score (nSPS) is 14.3. The number of aliphatic carboxylic acids is 1. The van der Waals surface area contributed by atoms with Crippen LogP contribution in [-0.4, -0.2) is 57.5 Å². The van der Waals surface area contributed by atoms with Gasteiger partial charge < -0.3 is 32.2 Å². The van der Waals surface area contributed by atoms with Gasteiger partial charge in [-0.25, -0.2) is 9.78 Å². The Morgan fingerprint density at radius 1 is 1.23 bits per heavy atom. The van der Waals surface area contributed by atoms with E-state index < -0.39 is 35.9 Å². The van der Waals surface area contributed by atoms with Crippen molar-refractivity contribution in [3.05, 3.63) is 17.7 Å². The first kappa shape index (κ1) is 21.6. The topological polar surface area (TPSA) is 176 Å². The van der Waals surface area contributed by atoms with Crippen molar-refractivity contribution in [1.29, 1.82) is 0 Å². The molecule has 146 valence electrons. The number of carbonyl (C=O) groups is 3. The number of aromatic nitrogens is 2. The van der Waals surface area contributed by atoms with Crippen molar-refractivity contribution >= 4 is 17.8 Å². The zero-order chi connectivity index (χ0) is 19.7. The number of nitrogens with one attached hydrogen (secondary N) is 3. The summed E-state index contributed by atoms with van der Waals surface area (Å²) in [6.45, 7) is 3.74. The van der Waals surface area contributed by atoms with Gasteiger partial charge in [0, 0.05) is 12.1 Å². The molecule has 10 nitrogen and oxygen atoms in total. The van der Waals surface area contributed by atoms with Crippen LogP contribution in [-0.2, 0) is 20.8 Å². The van der Waals surface area contributed by atoms with E-state index in [4.69, 9.17) is 11.5 Å². The second-order valence-electron chi connectivity index (χ2n) is 6.21. The van der Waals surface area contributed by atoms with Crippen LogP contribution >= 0.6 is 0 Å². The minimum atomic E-state index is -1.14. The molecule has 0 saturated carbocycles. The number of carboxylic acid groups (broad SMARTS) is 1. The number of rotatable bonds is 11. The van der Waals surface area contributed by atoms with E-state index in [0.29, 0.717) is 25.1 Å². The number of carboxylic acids is 1. The molecule has 0 aliphatic rings. The van der Waals surface area contributed by atoms with E-state index in [9.17, 15) is 19.5 Å². The van der Waals surface area contributed by atoms with Crippen molar-refractivity contribution in [3.8, 4) is 0 Å². The van der Waals surface area contributed by atoms with Crippen molar-refractivity contribution in [2.75, 3.05) is 6.54 Å². The summed E-state index contributed by atoms with van der Waals surface area (Å²) in [5.74, 6) is -2.24. The average molecular weight is 368 g/mol. The maximum absolute atomic E-state index is 12.6. The summed E-state index contributed by atoms with van der Waals surface area (Å²) in [7, 11) is 0. The Hall–Kier alpha value is -2.46. The molecule has 8 N–H and O–H groups in total. The molecule has 10 heteroatoms. The third kappa shape index (κ3) is 6.81. The fourth-order valence-electron chi connectivity index (χ4n) is 2.32. The summed E-state index contributed by atoms with van der Waals surface area (Å²) in [6, 6.07) is -2.83. The number of H-pyrrole nitrogens is 1. The van der Waals surface area contributed by atoms with E-state index in [1.165, 1.54) is 13.3 Å². The van der Waals surface area contributed by atoms with Crippen LogP contribution in [0.25, 0.3) is 0 Å². The van der Waals surface area contributed by atoms with Gasteiger partial charge in [-0.15, -0.1) is 0 Å². The van der Waals surface area contributed by atoms with Crippen LogP contribution in [0.4, 0.5) is 0 Å². The number of imidazole rings is 1. The van der Waals surface area contributed by atoms with E-state index >= 15 is 0 Å². The highest BCUT2D eigenvalue weighted by molar-refractivity contribution is 5.91. The van der Waals surface area contributed by atoms with E-state index in [1.807, 2.05) is 0 Å². The number of unbranched alkanes of at least 4 members (excludes halogenated alkanes) is 1. The van der Waals surface area contributed by atoms with Crippen molar-refractivity contribution in [2.24, 2.45) is 11.5 Å². The Bertz CT molecular complexity index is 616. The summed E-state index contributed by atoms with van der Waals surface area (Å²) >= 11 is 0. The minimum Gasteiger partial charge on any atom is -0.480 e. The number of nitrogens with two attached hydrogens (primary N) is 2. The average Bonchev–Trinajstić information content (AvgIpc) is 2.97. The number of carbonyl (C=O) groups excluding carboxylic acids is 2. The standard InChI is InChI=1S/C16H28N6O4/c1-9(18)14(23)22-13(7-12-10(2)19-8-20-12)15(24)21-11(16(25)26)5-3-4-6-17/h8-9,11,13H,3-7,17-18H2,1-2H3,(H,19,20)(H,21,24)(H,22,23)(H,25,26)/t9-,11-,13-/m0/s1. The van der Waals surface area contributed by atoms with Gasteiger partial charge in [0.25, 0.3) is 0 Å². The number of hydrogen-bond donors (Lipinski definition) is 6. The Kier molecular flexibility index (Phi) is 8.73. The van der Waals surface area contributed by atoms with Crippen LogP contribution in [0.3, 0.4) is 0 Å². The molecule has 0 saturated heterocycles. The molecule has 0 radical (unpaired) electrons. The van der Waals surface area contributed by atoms with Gasteiger partial charge in [0.15, 0.2) is 0 Å². The summed E-state index contributed by atoms with van der Waals surface area (Å²) in [5, 5.41) is 14.3. The fourth-order valence-corrected chi connectivity index (χ4v) is 2.32. The largest absolute Gasteiger partial charge is 0.480 e. The molecule has 0 fully saturated rings. The molecule has 1 rings (SSSR count). The van der Waals surface area contributed by atoms with Crippen molar-refractivity contribution < 1.29 is 19.5 Å². The highest BCUT2D eigenvalue weighted by Gasteiger charge is 2.28. The van der Waals surface area contributed by atoms with Crippen LogP contribution in [0.15, 0.2) is 6.33 Å². The molecule has 0 unspecified atom stereocenters. The smallest absolute Gasteiger partial charge is 0.326 e. The van der Waals surface area contributed by atoms with Crippen LogP contribution < -0.4 is 22.1 Å². The van der Waals surface area contributed by atoms with Crippen molar-refractivity contribution in [1.82, 2.24) is 20.6 Å². The number of amides is 2. The lowest BCUT2D eigenvalue weighted by Gasteiger charge is -2.22. The molecule has 1 aromatic heterocycles. The van der Waals surface area contributed by atoms with E-state index in [-0.39, 0.29) is 12.8 Å². The number of aromatic amines is 1. The molecular weight excluding hydrogens is 340 g/mol. The monoisotopic (exact) mass is 368 g/mol. The second-order valence-corrected chi connectivity index (χ2v) is 6.21. The van der Waals surface area contributed by atoms with Crippen LogP contribution in [0.5, 0.6) is 0 Å². The Morgan fingerprint density at radius 2 is 1.88 bits per heavy atom. The summed E-state index contributed by atoms with van der Waals surface area (Å²) in [4.78, 5) is 42.9. The quantitative estimate of drug-likeness (QED) is 0.265. The van der Waals surface area contributed by atoms with Crippen LogP contribution in [0, 0.1) is 6.92 Å². The number of hydrogen-bond acceptors (Lipinski definition) is 6. The lowest BCUT2D eigenvalue weighted by Crippen LogP contribution is -2.54. The van der Waals surface area contributed by atoms with E-state index in [0.717, 1.165) is 5.69 Å². The third-order valence-corrected chi connectivity index (χ3v) is 3.94. The second kappa shape index (κ2) is 10.5. The fraction of sp³-hybridized carbons (Fsp3) is 0.625. The van der Waals surface area contributed by atoms with Crippen molar-refractivity contribution in [2.45, 2.75) is 57.7 Å². The summed E-state index contributed by atoms with van der Waals surface area (Å²) in [5.41, 5.74) is 12.3. The van der Waals surface area contributed by atoms with Gasteiger partial charge in [0.05, 0.1) is 18.1 Å². The SMILES string of the molecule is Cc1[nH]cnc1C[C@H](NC(=O)[C@H](C)N)C(=O)N[C@@H](CCCCN)C(=O)O. The molecule has 0 bridgehead atoms. The first-order valence-electron chi connectivity index (χ1n) is 8.54. The first-order valence-corrected chi connectivity index (χ1v) is 8.54. The molecule has 1 heterocycles. The number of nitrogens with zero attached hydrogens (tertiary/aromatic N) is 1. The predicted molar refractivity (Wildman–Crippen MR) is 95.1 cm³/mol.